The summed E-state index contributed by atoms with van der Waals surface area (Å²) in [6.45, 7) is 0. The number of nitrogens with zero attached hydrogens (tertiary/aromatic N) is 1. The first-order chi connectivity index (χ1) is 12.4. The van der Waals surface area contributed by atoms with E-state index in [1.807, 2.05) is 0 Å². The van der Waals surface area contributed by atoms with Gasteiger partial charge in [-0.1, -0.05) is 60.4 Å². The largest absolute Gasteiger partial charge is 0.504 e. The van der Waals surface area contributed by atoms with Crippen molar-refractivity contribution in [1.82, 2.24) is 4.90 Å². The third-order valence-corrected chi connectivity index (χ3v) is 5.06. The minimum absolute atomic E-state index is 0.139. The van der Waals surface area contributed by atoms with Crippen LogP contribution < -0.4 is 0 Å². The first-order valence-electron chi connectivity index (χ1n) is 7.45. The highest BCUT2D eigenvalue weighted by Gasteiger charge is 2.41. The van der Waals surface area contributed by atoms with Crippen LogP contribution in [-0.4, -0.2) is 36.4 Å². The van der Waals surface area contributed by atoms with Gasteiger partial charge in [0, 0.05) is 0 Å². The number of carboxylic acids is 1. The quantitative estimate of drug-likeness (QED) is 0.421. The van der Waals surface area contributed by atoms with Gasteiger partial charge in [0.1, 0.15) is 4.32 Å². The van der Waals surface area contributed by atoms with Crippen LogP contribution in [0, 0.1) is 0 Å². The highest BCUT2D eigenvalue weighted by atomic mass is 32.2. The van der Waals surface area contributed by atoms with Gasteiger partial charge in [-0.3, -0.25) is 9.69 Å². The average molecular weight is 387 g/mol. The number of thiocarbonyl (C=S) groups is 1. The molecule has 6 nitrogen and oxygen atoms in total. The molecular formula is C18H13NO5S2. The standard InChI is InChI=1S/C18H13NO5S2/c20-12-7-6-10(8-13(12)21)9-14-16(22)19(18(25)26-14)15(17(23)24)11-4-2-1-3-5-11/h1-9,15,20-21H,(H,23,24)/b14-9+/t15-/m1/s1. The van der Waals surface area contributed by atoms with Crippen molar-refractivity contribution in [3.8, 4) is 11.5 Å². The van der Waals surface area contributed by atoms with Crippen molar-refractivity contribution in [1.29, 1.82) is 0 Å². The van der Waals surface area contributed by atoms with Crippen LogP contribution in [0.3, 0.4) is 0 Å². The Balaban J connectivity index is 1.96. The maximum Gasteiger partial charge on any atom is 0.331 e. The lowest BCUT2D eigenvalue weighted by Gasteiger charge is -2.23. The Kier molecular flexibility index (Phi) is 4.97. The number of carbonyl (C=O) groups is 2. The summed E-state index contributed by atoms with van der Waals surface area (Å²) in [5.74, 6) is -2.30. The first kappa shape index (κ1) is 18.0. The third kappa shape index (κ3) is 3.42. The Morgan fingerprint density at radius 3 is 2.42 bits per heavy atom. The van der Waals surface area contributed by atoms with Crippen molar-refractivity contribution >= 4 is 46.3 Å². The van der Waals surface area contributed by atoms with Crippen LogP contribution in [0.25, 0.3) is 6.08 Å². The molecule has 1 aliphatic heterocycles. The van der Waals surface area contributed by atoms with Crippen LogP contribution in [0.4, 0.5) is 0 Å². The third-order valence-electron chi connectivity index (χ3n) is 3.73. The number of phenolic OH excluding ortho intramolecular Hbond substituents is 2. The number of benzene rings is 2. The molecule has 3 N–H and O–H groups in total. The fourth-order valence-corrected chi connectivity index (χ4v) is 3.83. The van der Waals surface area contributed by atoms with Crippen molar-refractivity contribution in [2.45, 2.75) is 6.04 Å². The van der Waals surface area contributed by atoms with Gasteiger partial charge in [0.25, 0.3) is 5.91 Å². The van der Waals surface area contributed by atoms with E-state index in [0.29, 0.717) is 11.1 Å². The summed E-state index contributed by atoms with van der Waals surface area (Å²) >= 11 is 6.22. The molecule has 1 amide bonds. The normalized spacial score (nSPS) is 16.9. The average Bonchev–Trinajstić information content (AvgIpc) is 2.87. The zero-order chi connectivity index (χ0) is 18.8. The second-order valence-electron chi connectivity index (χ2n) is 5.45. The number of rotatable bonds is 4. The number of hydrogen-bond acceptors (Lipinski definition) is 6. The molecule has 1 fully saturated rings. The Morgan fingerprint density at radius 1 is 1.12 bits per heavy atom. The van der Waals surface area contributed by atoms with Crippen LogP contribution in [-0.2, 0) is 9.59 Å². The number of thioether (sulfide) groups is 1. The molecule has 132 valence electrons. The number of aromatic hydroxyl groups is 2. The molecule has 0 bridgehead atoms. The molecule has 1 saturated heterocycles. The summed E-state index contributed by atoms with van der Waals surface area (Å²) in [4.78, 5) is 25.9. The monoisotopic (exact) mass is 387 g/mol. The van der Waals surface area contributed by atoms with E-state index in [-0.39, 0.29) is 20.7 Å². The van der Waals surface area contributed by atoms with Gasteiger partial charge < -0.3 is 15.3 Å². The number of aliphatic carboxylic acids is 1. The molecule has 2 aromatic carbocycles. The van der Waals surface area contributed by atoms with Gasteiger partial charge in [0.05, 0.1) is 4.91 Å². The maximum absolute atomic E-state index is 12.8. The minimum Gasteiger partial charge on any atom is -0.504 e. The number of carboxylic acid groups (broad SMARTS) is 1. The van der Waals surface area contributed by atoms with E-state index >= 15 is 0 Å². The van der Waals surface area contributed by atoms with Gasteiger partial charge >= 0.3 is 5.97 Å². The molecule has 0 spiro atoms. The second-order valence-corrected chi connectivity index (χ2v) is 7.13. The van der Waals surface area contributed by atoms with Crippen LogP contribution in [0.5, 0.6) is 11.5 Å². The zero-order valence-electron chi connectivity index (χ0n) is 13.2. The summed E-state index contributed by atoms with van der Waals surface area (Å²) in [6, 6.07) is 11.3. The topological polar surface area (TPSA) is 98.1 Å². The lowest BCUT2D eigenvalue weighted by atomic mass is 10.1. The highest BCUT2D eigenvalue weighted by molar-refractivity contribution is 8.26. The molecule has 0 aliphatic carbocycles. The summed E-state index contributed by atoms with van der Waals surface area (Å²) in [6.07, 6.45) is 1.49. The molecule has 0 aromatic heterocycles. The maximum atomic E-state index is 12.8. The van der Waals surface area contributed by atoms with Gasteiger partial charge in [-0.2, -0.15) is 0 Å². The number of carbonyl (C=O) groups excluding carboxylic acids is 1. The van der Waals surface area contributed by atoms with E-state index in [9.17, 15) is 24.9 Å². The van der Waals surface area contributed by atoms with E-state index in [4.69, 9.17) is 12.2 Å². The molecule has 0 saturated carbocycles. The summed E-state index contributed by atoms with van der Waals surface area (Å²) in [5.41, 5.74) is 0.923. The van der Waals surface area contributed by atoms with Crippen molar-refractivity contribution in [2.75, 3.05) is 0 Å². The molecule has 8 heteroatoms. The van der Waals surface area contributed by atoms with Gasteiger partial charge in [-0.25, -0.2) is 4.79 Å². The lowest BCUT2D eigenvalue weighted by molar-refractivity contribution is -0.145. The van der Waals surface area contributed by atoms with E-state index < -0.39 is 17.9 Å². The van der Waals surface area contributed by atoms with Gasteiger partial charge in [-0.15, -0.1) is 0 Å². The summed E-state index contributed by atoms with van der Waals surface area (Å²) < 4.78 is 0.139. The Hall–Kier alpha value is -2.84. The van der Waals surface area contributed by atoms with Gasteiger partial charge in [0.2, 0.25) is 0 Å². The predicted octanol–water partition coefficient (Wildman–Crippen LogP) is 3.12. The summed E-state index contributed by atoms with van der Waals surface area (Å²) in [5, 5.41) is 28.6. The predicted molar refractivity (Wildman–Crippen MR) is 102 cm³/mol. The van der Waals surface area contributed by atoms with Crippen molar-refractivity contribution < 1.29 is 24.9 Å². The van der Waals surface area contributed by atoms with Crippen molar-refractivity contribution in [3.63, 3.8) is 0 Å². The van der Waals surface area contributed by atoms with Crippen LogP contribution >= 0.6 is 24.0 Å². The van der Waals surface area contributed by atoms with E-state index in [1.165, 1.54) is 24.3 Å². The SMILES string of the molecule is O=C(O)[C@@H](c1ccccc1)N1C(=O)/C(=C\c2ccc(O)c(O)c2)SC1=S. The number of phenols is 2. The molecular weight excluding hydrogens is 374 g/mol. The molecule has 1 aliphatic rings. The Bertz CT molecular complexity index is 926. The lowest BCUT2D eigenvalue weighted by Crippen LogP contribution is -2.37. The minimum atomic E-state index is -1.22. The summed E-state index contributed by atoms with van der Waals surface area (Å²) in [7, 11) is 0. The fourth-order valence-electron chi connectivity index (χ4n) is 2.52. The van der Waals surface area contributed by atoms with Gasteiger partial charge in [-0.05, 0) is 29.3 Å². The first-order valence-corrected chi connectivity index (χ1v) is 8.68. The number of hydrogen-bond donors (Lipinski definition) is 3. The fraction of sp³-hybridized carbons (Fsp3) is 0.0556. The van der Waals surface area contributed by atoms with E-state index in [2.05, 4.69) is 0 Å². The molecule has 3 rings (SSSR count). The van der Waals surface area contributed by atoms with E-state index in [1.54, 1.807) is 30.3 Å². The van der Waals surface area contributed by atoms with Crippen LogP contribution in [0.15, 0.2) is 53.4 Å². The van der Waals surface area contributed by atoms with Crippen LogP contribution in [0.2, 0.25) is 0 Å². The van der Waals surface area contributed by atoms with Crippen LogP contribution in [0.1, 0.15) is 17.2 Å². The number of amides is 1. The second kappa shape index (κ2) is 7.19. The molecule has 1 heterocycles. The Morgan fingerprint density at radius 2 is 1.81 bits per heavy atom. The Labute approximate surface area is 158 Å². The van der Waals surface area contributed by atoms with Crippen molar-refractivity contribution in [3.05, 3.63) is 64.6 Å². The zero-order valence-corrected chi connectivity index (χ0v) is 14.8. The molecule has 2 aromatic rings. The van der Waals surface area contributed by atoms with Crippen molar-refractivity contribution in [2.24, 2.45) is 0 Å². The molecule has 0 unspecified atom stereocenters. The molecule has 1 atom stereocenters. The van der Waals surface area contributed by atoms with E-state index in [0.717, 1.165) is 16.7 Å². The van der Waals surface area contributed by atoms with Gasteiger partial charge in [0.15, 0.2) is 17.5 Å². The molecule has 26 heavy (non-hydrogen) atoms. The highest BCUT2D eigenvalue weighted by Crippen LogP contribution is 2.39. The smallest absolute Gasteiger partial charge is 0.331 e. The molecule has 0 radical (unpaired) electrons.